The van der Waals surface area contributed by atoms with E-state index in [0.717, 1.165) is 42.3 Å². The summed E-state index contributed by atoms with van der Waals surface area (Å²) >= 11 is 1.68. The number of guanidine groups is 1. The lowest BCUT2D eigenvalue weighted by atomic mass is 9.96. The Bertz CT molecular complexity index is 695. The SMILES string of the molecule is CN=C(NCc1csc(-c2ccccc2)n1)N(C)CCC1CCOCC1. The van der Waals surface area contributed by atoms with Crippen LogP contribution in [0, 0.1) is 5.92 Å². The molecule has 1 aliphatic heterocycles. The van der Waals surface area contributed by atoms with E-state index >= 15 is 0 Å². The number of nitrogens with one attached hydrogen (secondary N) is 1. The fourth-order valence-corrected chi connectivity index (χ4v) is 4.00. The van der Waals surface area contributed by atoms with Gasteiger partial charge in [-0.1, -0.05) is 30.3 Å². The monoisotopic (exact) mass is 372 g/mol. The van der Waals surface area contributed by atoms with Crippen LogP contribution in [-0.4, -0.2) is 49.7 Å². The van der Waals surface area contributed by atoms with Crippen LogP contribution in [0.2, 0.25) is 0 Å². The smallest absolute Gasteiger partial charge is 0.193 e. The molecule has 2 heterocycles. The highest BCUT2D eigenvalue weighted by Crippen LogP contribution is 2.23. The number of aliphatic imine (C=N–C) groups is 1. The Morgan fingerprint density at radius 1 is 1.31 bits per heavy atom. The van der Waals surface area contributed by atoms with Crippen LogP contribution >= 0.6 is 11.3 Å². The van der Waals surface area contributed by atoms with Crippen LogP contribution in [0.1, 0.15) is 25.0 Å². The minimum atomic E-state index is 0.692. The van der Waals surface area contributed by atoms with Gasteiger partial charge in [-0.05, 0) is 25.2 Å². The van der Waals surface area contributed by atoms with E-state index in [1.807, 2.05) is 25.2 Å². The van der Waals surface area contributed by atoms with Crippen LogP contribution in [-0.2, 0) is 11.3 Å². The van der Waals surface area contributed by atoms with Gasteiger partial charge in [0.25, 0.3) is 0 Å². The van der Waals surface area contributed by atoms with Crippen molar-refractivity contribution >= 4 is 17.3 Å². The van der Waals surface area contributed by atoms with Crippen LogP contribution < -0.4 is 5.32 Å². The highest BCUT2D eigenvalue weighted by molar-refractivity contribution is 7.13. The molecule has 1 aromatic heterocycles. The van der Waals surface area contributed by atoms with E-state index in [0.29, 0.717) is 6.54 Å². The number of thiazole rings is 1. The van der Waals surface area contributed by atoms with Crippen molar-refractivity contribution in [3.05, 3.63) is 41.4 Å². The second-order valence-corrected chi connectivity index (χ2v) is 7.53. The normalized spacial score (nSPS) is 15.8. The van der Waals surface area contributed by atoms with E-state index < -0.39 is 0 Å². The molecule has 1 saturated heterocycles. The van der Waals surface area contributed by atoms with Gasteiger partial charge in [0.05, 0.1) is 12.2 Å². The Hall–Kier alpha value is -1.92. The first kappa shape index (κ1) is 18.9. The molecular formula is C20H28N4OS. The molecule has 1 fully saturated rings. The standard InChI is InChI=1S/C20H28N4OS/c1-21-20(24(2)11-8-16-9-12-25-13-10-16)22-14-18-15-26-19(23-18)17-6-4-3-5-7-17/h3-7,15-16H,8-14H2,1-2H3,(H,21,22). The maximum atomic E-state index is 5.44. The molecule has 0 unspecified atom stereocenters. The third-order valence-electron chi connectivity index (χ3n) is 4.79. The third-order valence-corrected chi connectivity index (χ3v) is 5.73. The second kappa shape index (κ2) is 9.69. The number of rotatable bonds is 6. The van der Waals surface area contributed by atoms with Gasteiger partial charge in [-0.3, -0.25) is 4.99 Å². The molecular weight excluding hydrogens is 344 g/mol. The summed E-state index contributed by atoms with van der Waals surface area (Å²) in [6.45, 7) is 3.53. The fourth-order valence-electron chi connectivity index (χ4n) is 3.17. The van der Waals surface area contributed by atoms with E-state index in [4.69, 9.17) is 9.72 Å². The lowest BCUT2D eigenvalue weighted by molar-refractivity contribution is 0.0625. The van der Waals surface area contributed by atoms with Crippen molar-refractivity contribution in [2.75, 3.05) is 33.9 Å². The van der Waals surface area contributed by atoms with E-state index in [1.54, 1.807) is 11.3 Å². The molecule has 0 radical (unpaired) electrons. The van der Waals surface area contributed by atoms with Gasteiger partial charge in [0.2, 0.25) is 0 Å². The summed E-state index contributed by atoms with van der Waals surface area (Å²) in [5.41, 5.74) is 2.22. The Kier molecular flexibility index (Phi) is 7.03. The molecule has 140 valence electrons. The van der Waals surface area contributed by atoms with Crippen molar-refractivity contribution in [3.63, 3.8) is 0 Å². The molecule has 3 rings (SSSR count). The Morgan fingerprint density at radius 2 is 2.08 bits per heavy atom. The lowest BCUT2D eigenvalue weighted by Gasteiger charge is -2.26. The molecule has 0 spiro atoms. The number of benzene rings is 1. The Labute approximate surface area is 160 Å². The third kappa shape index (κ3) is 5.29. The molecule has 1 aromatic carbocycles. The van der Waals surface area contributed by atoms with Gasteiger partial charge in [-0.15, -0.1) is 11.3 Å². The quantitative estimate of drug-likeness (QED) is 0.621. The number of ether oxygens (including phenoxy) is 1. The zero-order valence-corrected chi connectivity index (χ0v) is 16.5. The first-order valence-electron chi connectivity index (χ1n) is 9.25. The maximum Gasteiger partial charge on any atom is 0.193 e. The topological polar surface area (TPSA) is 49.8 Å². The van der Waals surface area contributed by atoms with Gasteiger partial charge < -0.3 is 15.0 Å². The molecule has 0 bridgehead atoms. The summed E-state index contributed by atoms with van der Waals surface area (Å²) in [4.78, 5) is 11.4. The minimum Gasteiger partial charge on any atom is -0.381 e. The summed E-state index contributed by atoms with van der Waals surface area (Å²) in [5, 5.41) is 6.61. The van der Waals surface area contributed by atoms with Crippen molar-refractivity contribution in [1.82, 2.24) is 15.2 Å². The van der Waals surface area contributed by atoms with Gasteiger partial charge in [0.15, 0.2) is 5.96 Å². The summed E-state index contributed by atoms with van der Waals surface area (Å²) < 4.78 is 5.44. The first-order chi connectivity index (χ1) is 12.8. The number of hydrogen-bond acceptors (Lipinski definition) is 4. The van der Waals surface area contributed by atoms with Gasteiger partial charge in [-0.25, -0.2) is 4.98 Å². The predicted molar refractivity (Wildman–Crippen MR) is 109 cm³/mol. The second-order valence-electron chi connectivity index (χ2n) is 6.68. The first-order valence-corrected chi connectivity index (χ1v) is 10.1. The van der Waals surface area contributed by atoms with Crippen molar-refractivity contribution in [2.45, 2.75) is 25.8 Å². The average Bonchev–Trinajstić information content (AvgIpc) is 3.17. The van der Waals surface area contributed by atoms with Crippen LogP contribution in [0.5, 0.6) is 0 Å². The highest BCUT2D eigenvalue weighted by Gasteiger charge is 2.15. The van der Waals surface area contributed by atoms with Crippen LogP contribution in [0.3, 0.4) is 0 Å². The van der Waals surface area contributed by atoms with Crippen molar-refractivity contribution < 1.29 is 4.74 Å². The molecule has 0 saturated carbocycles. The average molecular weight is 373 g/mol. The van der Waals surface area contributed by atoms with Crippen molar-refractivity contribution in [3.8, 4) is 10.6 Å². The van der Waals surface area contributed by atoms with E-state index in [2.05, 4.69) is 39.8 Å². The summed E-state index contributed by atoms with van der Waals surface area (Å²) in [7, 11) is 3.94. The van der Waals surface area contributed by atoms with Gasteiger partial charge in [-0.2, -0.15) is 0 Å². The molecule has 1 N–H and O–H groups in total. The van der Waals surface area contributed by atoms with Crippen LogP contribution in [0.25, 0.3) is 10.6 Å². The van der Waals surface area contributed by atoms with E-state index in [9.17, 15) is 0 Å². The predicted octanol–water partition coefficient (Wildman–Crippen LogP) is 3.63. The zero-order chi connectivity index (χ0) is 18.2. The van der Waals surface area contributed by atoms with E-state index in [-0.39, 0.29) is 0 Å². The molecule has 0 aliphatic carbocycles. The summed E-state index contributed by atoms with van der Waals surface area (Å²) in [6, 6.07) is 10.3. The Morgan fingerprint density at radius 3 is 2.81 bits per heavy atom. The summed E-state index contributed by atoms with van der Waals surface area (Å²) in [6.07, 6.45) is 3.55. The van der Waals surface area contributed by atoms with Crippen molar-refractivity contribution in [1.29, 1.82) is 0 Å². The molecule has 6 heteroatoms. The van der Waals surface area contributed by atoms with Gasteiger partial charge in [0.1, 0.15) is 5.01 Å². The molecule has 2 aromatic rings. The lowest BCUT2D eigenvalue weighted by Crippen LogP contribution is -2.39. The van der Waals surface area contributed by atoms with Crippen LogP contribution in [0.15, 0.2) is 40.7 Å². The van der Waals surface area contributed by atoms with Gasteiger partial charge in [0, 0.05) is 44.8 Å². The van der Waals surface area contributed by atoms with Gasteiger partial charge >= 0.3 is 0 Å². The molecule has 5 nitrogen and oxygen atoms in total. The Balaban J connectivity index is 1.48. The largest absolute Gasteiger partial charge is 0.381 e. The number of nitrogens with zero attached hydrogens (tertiary/aromatic N) is 3. The molecule has 0 amide bonds. The van der Waals surface area contributed by atoms with Crippen LogP contribution in [0.4, 0.5) is 0 Å². The molecule has 26 heavy (non-hydrogen) atoms. The molecule has 1 aliphatic rings. The maximum absolute atomic E-state index is 5.44. The van der Waals surface area contributed by atoms with Crippen molar-refractivity contribution in [2.24, 2.45) is 10.9 Å². The number of hydrogen-bond donors (Lipinski definition) is 1. The highest BCUT2D eigenvalue weighted by atomic mass is 32.1. The summed E-state index contributed by atoms with van der Waals surface area (Å²) in [5.74, 6) is 1.70. The van der Waals surface area contributed by atoms with E-state index in [1.165, 1.54) is 24.8 Å². The fraction of sp³-hybridized carbons (Fsp3) is 0.500. The minimum absolute atomic E-state index is 0.692. The zero-order valence-electron chi connectivity index (χ0n) is 15.6. The number of aromatic nitrogens is 1. The molecule has 0 atom stereocenters.